The van der Waals surface area contributed by atoms with Crippen LogP contribution in [0.5, 0.6) is 0 Å². The molecule has 1 N–H and O–H groups in total. The molecular formula is C14H21NO2. The first-order valence-corrected chi connectivity index (χ1v) is 6.33. The minimum absolute atomic E-state index is 0.372. The average molecular weight is 235 g/mol. The third-order valence-corrected chi connectivity index (χ3v) is 3.28. The molecule has 1 unspecified atom stereocenters. The average Bonchev–Trinajstić information content (AvgIpc) is 2.38. The summed E-state index contributed by atoms with van der Waals surface area (Å²) in [5, 5.41) is 9.43. The summed E-state index contributed by atoms with van der Waals surface area (Å²) >= 11 is 0. The zero-order valence-corrected chi connectivity index (χ0v) is 10.4. The lowest BCUT2D eigenvalue weighted by atomic mass is 10.1. The van der Waals surface area contributed by atoms with E-state index < -0.39 is 0 Å². The van der Waals surface area contributed by atoms with Crippen LogP contribution in [0, 0.1) is 0 Å². The van der Waals surface area contributed by atoms with Crippen LogP contribution in [0.1, 0.15) is 24.2 Å². The number of morpholine rings is 1. The maximum absolute atomic E-state index is 9.43. The Hall–Kier alpha value is -0.900. The maximum Gasteiger partial charge on any atom is 0.0761 e. The van der Waals surface area contributed by atoms with Crippen LogP contribution in [0.25, 0.3) is 0 Å². The summed E-state index contributed by atoms with van der Waals surface area (Å²) in [4.78, 5) is 2.44. The van der Waals surface area contributed by atoms with Gasteiger partial charge < -0.3 is 9.84 Å². The Morgan fingerprint density at radius 2 is 1.88 bits per heavy atom. The van der Waals surface area contributed by atoms with Gasteiger partial charge in [0.05, 0.1) is 19.3 Å². The lowest BCUT2D eigenvalue weighted by molar-refractivity contribution is 0.0384. The van der Waals surface area contributed by atoms with Gasteiger partial charge in [-0.05, 0) is 24.5 Å². The van der Waals surface area contributed by atoms with Gasteiger partial charge in [-0.2, -0.15) is 0 Å². The molecule has 17 heavy (non-hydrogen) atoms. The van der Waals surface area contributed by atoms with E-state index in [-0.39, 0.29) is 6.10 Å². The van der Waals surface area contributed by atoms with Gasteiger partial charge in [-0.15, -0.1) is 0 Å². The molecular weight excluding hydrogens is 214 g/mol. The Labute approximate surface area is 103 Å². The summed E-state index contributed by atoms with van der Waals surface area (Å²) in [6.45, 7) is 6.71. The Bertz CT molecular complexity index is 329. The zero-order chi connectivity index (χ0) is 12.1. The Balaban J connectivity index is 1.82. The smallest absolute Gasteiger partial charge is 0.0761 e. The van der Waals surface area contributed by atoms with Crippen molar-refractivity contribution in [1.29, 1.82) is 0 Å². The third-order valence-electron chi connectivity index (χ3n) is 3.28. The molecule has 1 saturated heterocycles. The number of hydrogen-bond acceptors (Lipinski definition) is 3. The molecule has 1 aromatic carbocycles. The predicted molar refractivity (Wildman–Crippen MR) is 68.0 cm³/mol. The molecule has 1 heterocycles. The Morgan fingerprint density at radius 1 is 1.24 bits per heavy atom. The van der Waals surface area contributed by atoms with Crippen LogP contribution in [0.2, 0.25) is 0 Å². The Kier molecular flexibility index (Phi) is 4.54. The number of hydrogen-bond donors (Lipinski definition) is 1. The molecule has 0 aromatic heterocycles. The highest BCUT2D eigenvalue weighted by Gasteiger charge is 2.09. The number of rotatable bonds is 4. The quantitative estimate of drug-likeness (QED) is 0.860. The molecule has 3 heteroatoms. The minimum Gasteiger partial charge on any atom is -0.389 e. The van der Waals surface area contributed by atoms with Crippen LogP contribution in [0.4, 0.5) is 0 Å². The SMILES string of the molecule is CC(O)c1ccc(CCN2CCOCC2)cc1. The van der Waals surface area contributed by atoms with Crippen molar-refractivity contribution in [3.8, 4) is 0 Å². The molecule has 3 nitrogen and oxygen atoms in total. The largest absolute Gasteiger partial charge is 0.389 e. The summed E-state index contributed by atoms with van der Waals surface area (Å²) in [5.41, 5.74) is 2.32. The lowest BCUT2D eigenvalue weighted by Gasteiger charge is -2.26. The van der Waals surface area contributed by atoms with Gasteiger partial charge in [-0.3, -0.25) is 4.90 Å². The van der Waals surface area contributed by atoms with Crippen molar-refractivity contribution in [2.24, 2.45) is 0 Å². The molecule has 2 rings (SSSR count). The molecule has 1 aromatic rings. The number of benzene rings is 1. The second-order valence-corrected chi connectivity index (χ2v) is 4.62. The van der Waals surface area contributed by atoms with Gasteiger partial charge in [0.1, 0.15) is 0 Å². The van der Waals surface area contributed by atoms with Crippen LogP contribution >= 0.6 is 0 Å². The van der Waals surface area contributed by atoms with Gasteiger partial charge >= 0.3 is 0 Å². The molecule has 0 aliphatic carbocycles. The fourth-order valence-corrected chi connectivity index (χ4v) is 2.07. The maximum atomic E-state index is 9.43. The van der Waals surface area contributed by atoms with E-state index >= 15 is 0 Å². The first-order valence-electron chi connectivity index (χ1n) is 6.33. The van der Waals surface area contributed by atoms with E-state index in [9.17, 15) is 5.11 Å². The van der Waals surface area contributed by atoms with E-state index in [1.54, 1.807) is 6.92 Å². The normalized spacial score (nSPS) is 19.2. The molecule has 1 atom stereocenters. The molecule has 94 valence electrons. The van der Waals surface area contributed by atoms with Gasteiger partial charge in [0.25, 0.3) is 0 Å². The van der Waals surface area contributed by atoms with Crippen molar-refractivity contribution < 1.29 is 9.84 Å². The van der Waals surface area contributed by atoms with Crippen LogP contribution in [0.3, 0.4) is 0 Å². The van der Waals surface area contributed by atoms with E-state index in [0.29, 0.717) is 0 Å². The van der Waals surface area contributed by atoms with Crippen molar-refractivity contribution in [2.75, 3.05) is 32.8 Å². The lowest BCUT2D eigenvalue weighted by Crippen LogP contribution is -2.37. The molecule has 1 aliphatic rings. The van der Waals surface area contributed by atoms with Crippen LogP contribution in [0.15, 0.2) is 24.3 Å². The molecule has 1 fully saturated rings. The van der Waals surface area contributed by atoms with Gasteiger partial charge in [0, 0.05) is 19.6 Å². The summed E-state index contributed by atoms with van der Waals surface area (Å²) in [7, 11) is 0. The second-order valence-electron chi connectivity index (χ2n) is 4.62. The van der Waals surface area contributed by atoms with E-state index in [1.165, 1.54) is 5.56 Å². The molecule has 0 bridgehead atoms. The van der Waals surface area contributed by atoms with Crippen molar-refractivity contribution >= 4 is 0 Å². The number of aliphatic hydroxyl groups is 1. The van der Waals surface area contributed by atoms with E-state index in [4.69, 9.17) is 4.74 Å². The summed E-state index contributed by atoms with van der Waals surface area (Å²) in [6.07, 6.45) is 0.698. The van der Waals surface area contributed by atoms with Crippen molar-refractivity contribution in [3.05, 3.63) is 35.4 Å². The van der Waals surface area contributed by atoms with Gasteiger partial charge in [0.15, 0.2) is 0 Å². The van der Waals surface area contributed by atoms with Crippen LogP contribution in [-0.2, 0) is 11.2 Å². The van der Waals surface area contributed by atoms with E-state index in [1.807, 2.05) is 12.1 Å². The monoisotopic (exact) mass is 235 g/mol. The van der Waals surface area contributed by atoms with Crippen LogP contribution in [-0.4, -0.2) is 42.9 Å². The highest BCUT2D eigenvalue weighted by Crippen LogP contribution is 2.13. The van der Waals surface area contributed by atoms with Crippen molar-refractivity contribution in [3.63, 3.8) is 0 Å². The Morgan fingerprint density at radius 3 is 2.47 bits per heavy atom. The summed E-state index contributed by atoms with van der Waals surface area (Å²) < 4.78 is 5.32. The van der Waals surface area contributed by atoms with Gasteiger partial charge in [-0.25, -0.2) is 0 Å². The second kappa shape index (κ2) is 6.15. The summed E-state index contributed by atoms with van der Waals surface area (Å²) in [5.74, 6) is 0. The highest BCUT2D eigenvalue weighted by atomic mass is 16.5. The molecule has 0 spiro atoms. The fourth-order valence-electron chi connectivity index (χ4n) is 2.07. The number of ether oxygens (including phenoxy) is 1. The first kappa shape index (κ1) is 12.6. The zero-order valence-electron chi connectivity index (χ0n) is 10.4. The van der Waals surface area contributed by atoms with E-state index in [2.05, 4.69) is 17.0 Å². The molecule has 0 amide bonds. The standard InChI is InChI=1S/C14H21NO2/c1-12(16)14-4-2-13(3-5-14)6-7-15-8-10-17-11-9-15/h2-5,12,16H,6-11H2,1H3. The highest BCUT2D eigenvalue weighted by molar-refractivity contribution is 5.24. The topological polar surface area (TPSA) is 32.7 Å². The predicted octanol–water partition coefficient (Wildman–Crippen LogP) is 1.61. The number of aliphatic hydroxyl groups excluding tert-OH is 1. The van der Waals surface area contributed by atoms with E-state index in [0.717, 1.165) is 44.8 Å². The fraction of sp³-hybridized carbons (Fsp3) is 0.571. The van der Waals surface area contributed by atoms with Crippen LogP contribution < -0.4 is 0 Å². The van der Waals surface area contributed by atoms with Crippen molar-refractivity contribution in [1.82, 2.24) is 4.90 Å². The molecule has 0 radical (unpaired) electrons. The van der Waals surface area contributed by atoms with Gasteiger partial charge in [-0.1, -0.05) is 24.3 Å². The molecule has 0 saturated carbocycles. The first-order chi connectivity index (χ1) is 8.25. The molecule has 1 aliphatic heterocycles. The van der Waals surface area contributed by atoms with Crippen molar-refractivity contribution in [2.45, 2.75) is 19.4 Å². The minimum atomic E-state index is -0.372. The number of nitrogens with zero attached hydrogens (tertiary/aromatic N) is 1. The van der Waals surface area contributed by atoms with Gasteiger partial charge in [0.2, 0.25) is 0 Å². The summed E-state index contributed by atoms with van der Waals surface area (Å²) in [6, 6.07) is 8.25. The third kappa shape index (κ3) is 3.80.